The maximum Gasteiger partial charge on any atom is 0.336 e. The SMILES string of the molecule is CSCc1ccc(F)cc1C(=O)O. The Morgan fingerprint density at radius 3 is 2.85 bits per heavy atom. The number of carbonyl (C=O) groups is 1. The van der Waals surface area contributed by atoms with E-state index in [9.17, 15) is 9.18 Å². The van der Waals surface area contributed by atoms with Gasteiger partial charge in [-0.25, -0.2) is 9.18 Å². The first-order valence-electron chi connectivity index (χ1n) is 3.66. The van der Waals surface area contributed by atoms with E-state index in [1.54, 1.807) is 0 Å². The van der Waals surface area contributed by atoms with E-state index in [0.29, 0.717) is 11.3 Å². The number of aromatic carboxylic acids is 1. The van der Waals surface area contributed by atoms with Crippen molar-refractivity contribution in [3.05, 3.63) is 35.1 Å². The maximum absolute atomic E-state index is 12.7. The summed E-state index contributed by atoms with van der Waals surface area (Å²) in [6, 6.07) is 3.83. The lowest BCUT2D eigenvalue weighted by Crippen LogP contribution is -2.02. The average Bonchev–Trinajstić information content (AvgIpc) is 2.08. The molecule has 70 valence electrons. The number of benzene rings is 1. The van der Waals surface area contributed by atoms with Gasteiger partial charge in [-0.2, -0.15) is 11.8 Å². The molecular formula is C9H9FO2S. The Morgan fingerprint density at radius 1 is 1.62 bits per heavy atom. The first-order valence-corrected chi connectivity index (χ1v) is 5.05. The zero-order valence-electron chi connectivity index (χ0n) is 7.08. The van der Waals surface area contributed by atoms with E-state index in [4.69, 9.17) is 5.11 Å². The van der Waals surface area contributed by atoms with Gasteiger partial charge in [-0.15, -0.1) is 0 Å². The molecule has 0 spiro atoms. The van der Waals surface area contributed by atoms with Gasteiger partial charge in [-0.05, 0) is 24.0 Å². The molecule has 2 nitrogen and oxygen atoms in total. The molecular weight excluding hydrogens is 191 g/mol. The highest BCUT2D eigenvalue weighted by atomic mass is 32.2. The number of hydrogen-bond donors (Lipinski definition) is 1. The van der Waals surface area contributed by atoms with Crippen LogP contribution in [0.2, 0.25) is 0 Å². The normalized spacial score (nSPS) is 10.0. The molecule has 0 bridgehead atoms. The topological polar surface area (TPSA) is 37.3 Å². The van der Waals surface area contributed by atoms with Gasteiger partial charge < -0.3 is 5.11 Å². The molecule has 0 radical (unpaired) electrons. The third-order valence-corrected chi connectivity index (χ3v) is 2.20. The van der Waals surface area contributed by atoms with Crippen molar-refractivity contribution in [1.29, 1.82) is 0 Å². The summed E-state index contributed by atoms with van der Waals surface area (Å²) in [6.07, 6.45) is 1.87. The third kappa shape index (κ3) is 2.45. The van der Waals surface area contributed by atoms with Gasteiger partial charge in [0.15, 0.2) is 0 Å². The second-order valence-electron chi connectivity index (χ2n) is 2.54. The molecule has 0 aromatic heterocycles. The predicted molar refractivity (Wildman–Crippen MR) is 50.6 cm³/mol. The van der Waals surface area contributed by atoms with Crippen LogP contribution in [0.15, 0.2) is 18.2 Å². The van der Waals surface area contributed by atoms with Gasteiger partial charge >= 0.3 is 5.97 Å². The van der Waals surface area contributed by atoms with Gasteiger partial charge in [0.25, 0.3) is 0 Å². The number of hydrogen-bond acceptors (Lipinski definition) is 2. The summed E-state index contributed by atoms with van der Waals surface area (Å²) in [7, 11) is 0. The van der Waals surface area contributed by atoms with E-state index in [0.717, 1.165) is 6.07 Å². The molecule has 1 rings (SSSR count). The highest BCUT2D eigenvalue weighted by Crippen LogP contribution is 2.16. The Hall–Kier alpha value is -1.03. The maximum atomic E-state index is 12.7. The lowest BCUT2D eigenvalue weighted by molar-refractivity contribution is 0.0695. The third-order valence-electron chi connectivity index (χ3n) is 1.60. The Bertz CT molecular complexity index is 325. The summed E-state index contributed by atoms with van der Waals surface area (Å²) in [5, 5.41) is 8.74. The molecule has 1 N–H and O–H groups in total. The van der Waals surface area contributed by atoms with E-state index in [-0.39, 0.29) is 5.56 Å². The molecule has 0 aliphatic carbocycles. The summed E-state index contributed by atoms with van der Waals surface area (Å²) in [6.45, 7) is 0. The van der Waals surface area contributed by atoms with Crippen molar-refractivity contribution in [2.45, 2.75) is 5.75 Å². The molecule has 0 unspecified atom stereocenters. The van der Waals surface area contributed by atoms with Crippen molar-refractivity contribution in [3.8, 4) is 0 Å². The monoisotopic (exact) mass is 200 g/mol. The average molecular weight is 200 g/mol. The Kier molecular flexibility index (Phi) is 3.31. The molecule has 0 aliphatic heterocycles. The number of carboxylic acid groups (broad SMARTS) is 1. The summed E-state index contributed by atoms with van der Waals surface area (Å²) < 4.78 is 12.7. The summed E-state index contributed by atoms with van der Waals surface area (Å²) in [5.74, 6) is -1.01. The number of rotatable bonds is 3. The van der Waals surface area contributed by atoms with E-state index in [1.165, 1.54) is 23.9 Å². The van der Waals surface area contributed by atoms with Crippen LogP contribution in [0.4, 0.5) is 4.39 Å². The minimum absolute atomic E-state index is 0.0503. The van der Waals surface area contributed by atoms with Crippen LogP contribution in [0.1, 0.15) is 15.9 Å². The first kappa shape index (κ1) is 10.1. The summed E-state index contributed by atoms with van der Waals surface area (Å²) >= 11 is 1.51. The second-order valence-corrected chi connectivity index (χ2v) is 3.41. The largest absolute Gasteiger partial charge is 0.478 e. The van der Waals surface area contributed by atoms with Crippen LogP contribution in [0.5, 0.6) is 0 Å². The van der Waals surface area contributed by atoms with E-state index < -0.39 is 11.8 Å². The van der Waals surface area contributed by atoms with Gasteiger partial charge in [0.1, 0.15) is 5.82 Å². The summed E-state index contributed by atoms with van der Waals surface area (Å²) in [5.41, 5.74) is 0.704. The van der Waals surface area contributed by atoms with E-state index >= 15 is 0 Å². The van der Waals surface area contributed by atoms with Crippen molar-refractivity contribution in [2.24, 2.45) is 0 Å². The molecule has 0 saturated heterocycles. The molecule has 1 aromatic rings. The molecule has 13 heavy (non-hydrogen) atoms. The van der Waals surface area contributed by atoms with Gasteiger partial charge in [0.05, 0.1) is 5.56 Å². The Balaban J connectivity index is 3.10. The number of carboxylic acids is 1. The minimum Gasteiger partial charge on any atom is -0.478 e. The van der Waals surface area contributed by atoms with Crippen LogP contribution in [0, 0.1) is 5.82 Å². The fourth-order valence-electron chi connectivity index (χ4n) is 1.03. The smallest absolute Gasteiger partial charge is 0.336 e. The second kappa shape index (κ2) is 4.28. The van der Waals surface area contributed by atoms with Crippen molar-refractivity contribution in [3.63, 3.8) is 0 Å². The van der Waals surface area contributed by atoms with Gasteiger partial charge in [0, 0.05) is 5.75 Å². The highest BCUT2D eigenvalue weighted by molar-refractivity contribution is 7.97. The highest BCUT2D eigenvalue weighted by Gasteiger charge is 2.10. The quantitative estimate of drug-likeness (QED) is 0.814. The van der Waals surface area contributed by atoms with Gasteiger partial charge in [-0.1, -0.05) is 6.07 Å². The zero-order chi connectivity index (χ0) is 9.84. The number of halogens is 1. The van der Waals surface area contributed by atoms with Crippen molar-refractivity contribution in [2.75, 3.05) is 6.26 Å². The molecule has 1 aromatic carbocycles. The van der Waals surface area contributed by atoms with Crippen molar-refractivity contribution < 1.29 is 14.3 Å². The van der Waals surface area contributed by atoms with Crippen LogP contribution in [-0.4, -0.2) is 17.3 Å². The van der Waals surface area contributed by atoms with Crippen LogP contribution in [-0.2, 0) is 5.75 Å². The zero-order valence-corrected chi connectivity index (χ0v) is 7.90. The first-order chi connectivity index (χ1) is 6.15. The van der Waals surface area contributed by atoms with Crippen LogP contribution in [0.3, 0.4) is 0 Å². The Morgan fingerprint density at radius 2 is 2.31 bits per heavy atom. The fraction of sp³-hybridized carbons (Fsp3) is 0.222. The predicted octanol–water partition coefficient (Wildman–Crippen LogP) is 2.39. The van der Waals surface area contributed by atoms with Gasteiger partial charge in [0.2, 0.25) is 0 Å². The lowest BCUT2D eigenvalue weighted by atomic mass is 10.1. The van der Waals surface area contributed by atoms with E-state index in [2.05, 4.69) is 0 Å². The van der Waals surface area contributed by atoms with Crippen LogP contribution in [0.25, 0.3) is 0 Å². The standard InChI is InChI=1S/C9H9FO2S/c1-13-5-6-2-3-7(10)4-8(6)9(11)12/h2-4H,5H2,1H3,(H,11,12). The summed E-state index contributed by atoms with van der Waals surface area (Å²) in [4.78, 5) is 10.7. The van der Waals surface area contributed by atoms with Crippen LogP contribution < -0.4 is 0 Å². The molecule has 0 fully saturated rings. The minimum atomic E-state index is -1.08. The molecule has 4 heteroatoms. The van der Waals surface area contributed by atoms with Crippen molar-refractivity contribution in [1.82, 2.24) is 0 Å². The van der Waals surface area contributed by atoms with Crippen LogP contribution >= 0.6 is 11.8 Å². The molecule has 0 atom stereocenters. The van der Waals surface area contributed by atoms with Crippen molar-refractivity contribution >= 4 is 17.7 Å². The molecule has 0 aliphatic rings. The van der Waals surface area contributed by atoms with Gasteiger partial charge in [-0.3, -0.25) is 0 Å². The molecule has 0 amide bonds. The fourth-order valence-corrected chi connectivity index (χ4v) is 1.59. The Labute approximate surface area is 79.8 Å². The molecule has 0 saturated carbocycles. The molecule has 0 heterocycles. The number of thioether (sulfide) groups is 1. The lowest BCUT2D eigenvalue weighted by Gasteiger charge is -2.03. The van der Waals surface area contributed by atoms with E-state index in [1.807, 2.05) is 6.26 Å².